The Bertz CT molecular complexity index is 585. The first-order valence-electron chi connectivity index (χ1n) is 10.9. The van der Waals surface area contributed by atoms with Gasteiger partial charge < -0.3 is 19.5 Å². The molecule has 1 heterocycles. The standard InChI is InChI=1S/C24H41NO3/c1-18(2)7-9-20(21-12-14-28-24(3,4)16-21)11-13-25-17-19-8-10-22(26-5)23(15-19)27-6/h8,10,15,18,20-21,25H,7,9,11-14,16-17H2,1-6H3/t20-,21-/m1/s1. The van der Waals surface area contributed by atoms with Crippen molar-refractivity contribution in [3.63, 3.8) is 0 Å². The largest absolute Gasteiger partial charge is 0.493 e. The van der Waals surface area contributed by atoms with Crippen molar-refractivity contribution in [2.75, 3.05) is 27.4 Å². The second-order valence-electron chi connectivity index (χ2n) is 9.25. The molecule has 0 aliphatic carbocycles. The Morgan fingerprint density at radius 2 is 1.86 bits per heavy atom. The van der Waals surface area contributed by atoms with Crippen LogP contribution in [0.25, 0.3) is 0 Å². The van der Waals surface area contributed by atoms with Crippen LogP contribution in [0.4, 0.5) is 0 Å². The zero-order valence-corrected chi connectivity index (χ0v) is 18.8. The summed E-state index contributed by atoms with van der Waals surface area (Å²) in [6.07, 6.45) is 6.28. The van der Waals surface area contributed by atoms with Crippen molar-refractivity contribution in [2.45, 2.75) is 71.9 Å². The molecule has 160 valence electrons. The van der Waals surface area contributed by atoms with Gasteiger partial charge in [0.05, 0.1) is 19.8 Å². The Hall–Kier alpha value is -1.26. The Balaban J connectivity index is 1.87. The summed E-state index contributed by atoms with van der Waals surface area (Å²) in [5, 5.41) is 3.64. The smallest absolute Gasteiger partial charge is 0.161 e. The first-order valence-corrected chi connectivity index (χ1v) is 10.9. The van der Waals surface area contributed by atoms with Gasteiger partial charge in [-0.1, -0.05) is 26.3 Å². The van der Waals surface area contributed by atoms with Crippen LogP contribution in [0.2, 0.25) is 0 Å². The third kappa shape index (κ3) is 7.29. The minimum absolute atomic E-state index is 0.0338. The lowest BCUT2D eigenvalue weighted by Crippen LogP contribution is -2.37. The average molecular weight is 392 g/mol. The fourth-order valence-electron chi connectivity index (χ4n) is 4.36. The highest BCUT2D eigenvalue weighted by molar-refractivity contribution is 5.42. The number of hydrogen-bond acceptors (Lipinski definition) is 4. The summed E-state index contributed by atoms with van der Waals surface area (Å²) in [7, 11) is 3.36. The van der Waals surface area contributed by atoms with Crippen LogP contribution < -0.4 is 14.8 Å². The maximum Gasteiger partial charge on any atom is 0.161 e. The van der Waals surface area contributed by atoms with Gasteiger partial charge in [-0.25, -0.2) is 0 Å². The third-order valence-electron chi connectivity index (χ3n) is 5.99. The lowest BCUT2D eigenvalue weighted by molar-refractivity contribution is -0.0839. The van der Waals surface area contributed by atoms with Gasteiger partial charge in [-0.2, -0.15) is 0 Å². The molecule has 4 heteroatoms. The molecular weight excluding hydrogens is 350 g/mol. The van der Waals surface area contributed by atoms with Crippen LogP contribution in [-0.4, -0.2) is 33.0 Å². The molecule has 2 atom stereocenters. The number of nitrogens with one attached hydrogen (secondary N) is 1. The second kappa shape index (κ2) is 11.1. The summed E-state index contributed by atoms with van der Waals surface area (Å²) < 4.78 is 16.7. The highest BCUT2D eigenvalue weighted by Crippen LogP contribution is 2.37. The molecule has 4 nitrogen and oxygen atoms in total. The van der Waals surface area contributed by atoms with Gasteiger partial charge in [0.1, 0.15) is 0 Å². The molecule has 0 aromatic heterocycles. The summed E-state index contributed by atoms with van der Waals surface area (Å²) in [5.41, 5.74) is 1.26. The number of ether oxygens (including phenoxy) is 3. The van der Waals surface area contributed by atoms with E-state index in [2.05, 4.69) is 45.1 Å². The quantitative estimate of drug-likeness (QED) is 0.510. The summed E-state index contributed by atoms with van der Waals surface area (Å²) in [6.45, 7) is 12.0. The zero-order valence-electron chi connectivity index (χ0n) is 18.8. The molecule has 28 heavy (non-hydrogen) atoms. The molecule has 1 aliphatic heterocycles. The second-order valence-corrected chi connectivity index (χ2v) is 9.25. The van der Waals surface area contributed by atoms with Crippen molar-refractivity contribution in [3.05, 3.63) is 23.8 Å². The lowest BCUT2D eigenvalue weighted by atomic mass is 9.75. The van der Waals surface area contributed by atoms with Crippen LogP contribution in [0.1, 0.15) is 65.4 Å². The predicted octanol–water partition coefficient (Wildman–Crippen LogP) is 5.44. The van der Waals surface area contributed by atoms with Crippen molar-refractivity contribution < 1.29 is 14.2 Å². The first kappa shape index (κ1) is 23.0. The minimum Gasteiger partial charge on any atom is -0.493 e. The van der Waals surface area contributed by atoms with Crippen LogP contribution in [0.15, 0.2) is 18.2 Å². The van der Waals surface area contributed by atoms with Crippen molar-refractivity contribution in [2.24, 2.45) is 17.8 Å². The highest BCUT2D eigenvalue weighted by Gasteiger charge is 2.33. The molecule has 2 rings (SSSR count). The molecule has 0 amide bonds. The number of benzene rings is 1. The molecule has 0 unspecified atom stereocenters. The molecular formula is C24H41NO3. The summed E-state index contributed by atoms with van der Waals surface area (Å²) in [4.78, 5) is 0. The van der Waals surface area contributed by atoms with Gasteiger partial charge in [0.15, 0.2) is 11.5 Å². The van der Waals surface area contributed by atoms with Crippen LogP contribution in [0.5, 0.6) is 11.5 Å². The Morgan fingerprint density at radius 3 is 2.50 bits per heavy atom. The van der Waals surface area contributed by atoms with Crippen LogP contribution in [-0.2, 0) is 11.3 Å². The monoisotopic (exact) mass is 391 g/mol. The van der Waals surface area contributed by atoms with Gasteiger partial charge in [0.2, 0.25) is 0 Å². The number of hydrogen-bond donors (Lipinski definition) is 1. The molecule has 1 N–H and O–H groups in total. The van der Waals surface area contributed by atoms with E-state index in [9.17, 15) is 0 Å². The van der Waals surface area contributed by atoms with Crippen LogP contribution in [0.3, 0.4) is 0 Å². The van der Waals surface area contributed by atoms with Crippen molar-refractivity contribution in [1.29, 1.82) is 0 Å². The van der Waals surface area contributed by atoms with E-state index in [1.165, 1.54) is 37.7 Å². The number of rotatable bonds is 11. The maximum atomic E-state index is 5.96. The highest BCUT2D eigenvalue weighted by atomic mass is 16.5. The van der Waals surface area contributed by atoms with Crippen LogP contribution >= 0.6 is 0 Å². The average Bonchev–Trinajstić information content (AvgIpc) is 2.66. The normalized spacial score (nSPS) is 20.2. The summed E-state index contributed by atoms with van der Waals surface area (Å²) in [6, 6.07) is 6.14. The van der Waals surface area contributed by atoms with E-state index in [1.807, 2.05) is 6.07 Å². The first-order chi connectivity index (χ1) is 13.3. The molecule has 1 aromatic rings. The van der Waals surface area contributed by atoms with Crippen molar-refractivity contribution in [3.8, 4) is 11.5 Å². The molecule has 0 saturated carbocycles. The summed E-state index contributed by atoms with van der Waals surface area (Å²) >= 11 is 0. The van der Waals surface area contributed by atoms with Gasteiger partial charge in [-0.05, 0) is 81.5 Å². The van der Waals surface area contributed by atoms with E-state index in [1.54, 1.807) is 14.2 Å². The van der Waals surface area contributed by atoms with Crippen LogP contribution in [0, 0.1) is 17.8 Å². The molecule has 0 spiro atoms. The van der Waals surface area contributed by atoms with E-state index < -0.39 is 0 Å². The topological polar surface area (TPSA) is 39.7 Å². The van der Waals surface area contributed by atoms with E-state index in [0.29, 0.717) is 0 Å². The van der Waals surface area contributed by atoms with E-state index in [-0.39, 0.29) is 5.60 Å². The van der Waals surface area contributed by atoms with Crippen molar-refractivity contribution >= 4 is 0 Å². The Labute approximate surface area is 172 Å². The summed E-state index contributed by atoms with van der Waals surface area (Å²) in [5.74, 6) is 3.91. The zero-order chi connectivity index (χ0) is 20.6. The van der Waals surface area contributed by atoms with Gasteiger partial charge >= 0.3 is 0 Å². The van der Waals surface area contributed by atoms with E-state index in [4.69, 9.17) is 14.2 Å². The van der Waals surface area contributed by atoms with Gasteiger partial charge in [0, 0.05) is 13.2 Å². The predicted molar refractivity (Wildman–Crippen MR) is 116 cm³/mol. The fraction of sp³-hybridized carbons (Fsp3) is 0.750. The molecule has 1 aromatic carbocycles. The lowest BCUT2D eigenvalue weighted by Gasteiger charge is -2.39. The van der Waals surface area contributed by atoms with Gasteiger partial charge in [-0.3, -0.25) is 0 Å². The molecule has 1 saturated heterocycles. The van der Waals surface area contributed by atoms with Gasteiger partial charge in [0.25, 0.3) is 0 Å². The molecule has 0 bridgehead atoms. The SMILES string of the molecule is COc1ccc(CNCC[C@@H](CCC(C)C)[C@@H]2CCOC(C)(C)C2)cc1OC. The molecule has 1 fully saturated rings. The Kier molecular flexibility index (Phi) is 9.10. The van der Waals surface area contributed by atoms with Crippen molar-refractivity contribution in [1.82, 2.24) is 5.32 Å². The van der Waals surface area contributed by atoms with Gasteiger partial charge in [-0.15, -0.1) is 0 Å². The molecule has 0 radical (unpaired) electrons. The number of methoxy groups -OCH3 is 2. The van der Waals surface area contributed by atoms with E-state index >= 15 is 0 Å². The fourth-order valence-corrected chi connectivity index (χ4v) is 4.36. The third-order valence-corrected chi connectivity index (χ3v) is 5.99. The van der Waals surface area contributed by atoms with E-state index in [0.717, 1.165) is 48.9 Å². The maximum absolute atomic E-state index is 5.96. The molecule has 1 aliphatic rings. The minimum atomic E-state index is 0.0338. The Morgan fingerprint density at radius 1 is 1.11 bits per heavy atom.